The van der Waals surface area contributed by atoms with Gasteiger partial charge in [-0.15, -0.1) is 15.0 Å². The summed E-state index contributed by atoms with van der Waals surface area (Å²) in [5, 5.41) is 20.1. The van der Waals surface area contributed by atoms with Gasteiger partial charge in [-0.2, -0.15) is 0 Å². The molecule has 1 aliphatic heterocycles. The van der Waals surface area contributed by atoms with Gasteiger partial charge in [-0.3, -0.25) is 0 Å². The van der Waals surface area contributed by atoms with E-state index >= 15 is 0 Å². The van der Waals surface area contributed by atoms with Crippen LogP contribution in [0.1, 0.15) is 5.56 Å². The summed E-state index contributed by atoms with van der Waals surface area (Å²) in [4.78, 5) is 27.8. The number of benzene rings is 2. The first-order chi connectivity index (χ1) is 15.4. The van der Waals surface area contributed by atoms with E-state index in [4.69, 9.17) is 9.47 Å². The fraction of sp³-hybridized carbons (Fsp3) is 0.130. The highest BCUT2D eigenvalue weighted by Gasteiger charge is 2.30. The maximum Gasteiger partial charge on any atom is 0.355 e. The smallest absolute Gasteiger partial charge is 0.355 e. The molecule has 9 heteroatoms. The maximum absolute atomic E-state index is 12.7. The largest absolute Gasteiger partial charge is 0.504 e. The maximum atomic E-state index is 12.7. The third kappa shape index (κ3) is 3.60. The number of methoxy groups -OCH3 is 2. The zero-order chi connectivity index (χ0) is 22.8. The molecule has 0 aliphatic carbocycles. The van der Waals surface area contributed by atoms with Gasteiger partial charge in [0.15, 0.2) is 5.75 Å². The average Bonchev–Trinajstić information content (AvgIpc) is 3.11. The van der Waals surface area contributed by atoms with Gasteiger partial charge in [0.1, 0.15) is 22.4 Å². The molecule has 0 unspecified atom stereocenters. The predicted molar refractivity (Wildman–Crippen MR) is 117 cm³/mol. The van der Waals surface area contributed by atoms with Crippen LogP contribution in [0.2, 0.25) is 0 Å². The van der Waals surface area contributed by atoms with E-state index in [2.05, 4.69) is 10.2 Å². The quantitative estimate of drug-likeness (QED) is 0.627. The van der Waals surface area contributed by atoms with Crippen molar-refractivity contribution >= 4 is 28.7 Å². The number of fused-ring (bicyclic) bond motifs is 1. The number of allylic oxidation sites excluding steroid dienone is 2. The number of esters is 2. The van der Waals surface area contributed by atoms with E-state index in [1.807, 2.05) is 31.2 Å². The van der Waals surface area contributed by atoms with Crippen molar-refractivity contribution in [2.45, 2.75) is 6.92 Å². The second-order valence-electron chi connectivity index (χ2n) is 6.95. The van der Waals surface area contributed by atoms with Crippen LogP contribution in [0.5, 0.6) is 5.75 Å². The molecule has 1 aliphatic rings. The Morgan fingerprint density at radius 2 is 1.56 bits per heavy atom. The van der Waals surface area contributed by atoms with Crippen LogP contribution in [0.3, 0.4) is 0 Å². The highest BCUT2D eigenvalue weighted by atomic mass is 16.5. The van der Waals surface area contributed by atoms with Gasteiger partial charge in [0.25, 0.3) is 0 Å². The Hall–Kier alpha value is -4.40. The molecule has 0 amide bonds. The van der Waals surface area contributed by atoms with Crippen molar-refractivity contribution in [1.29, 1.82) is 0 Å². The molecule has 0 spiro atoms. The van der Waals surface area contributed by atoms with Crippen molar-refractivity contribution in [1.82, 2.24) is 15.0 Å². The predicted octanol–water partition coefficient (Wildman–Crippen LogP) is 2.92. The summed E-state index contributed by atoms with van der Waals surface area (Å²) in [6.07, 6.45) is 6.21. The Balaban J connectivity index is 1.93. The molecule has 0 bridgehead atoms. The monoisotopic (exact) mass is 432 g/mol. The first-order valence-electron chi connectivity index (χ1n) is 9.65. The Kier molecular flexibility index (Phi) is 5.46. The standard InChI is InChI=1S/C23H20N4O5/c1-14-12-18(21(28)19(13-14)27-24-16-9-4-5-10-17(16)25-27)26-11-7-6-8-15(22(29)31-2)20(26)23(30)32-3/h4-13,28H,1-3H3. The van der Waals surface area contributed by atoms with E-state index < -0.39 is 11.9 Å². The summed E-state index contributed by atoms with van der Waals surface area (Å²) in [6, 6.07) is 10.7. The van der Waals surface area contributed by atoms with Gasteiger partial charge >= 0.3 is 11.9 Å². The minimum absolute atomic E-state index is 0.0187. The highest BCUT2D eigenvalue weighted by molar-refractivity contribution is 6.05. The topological polar surface area (TPSA) is 107 Å². The van der Waals surface area contributed by atoms with Crippen molar-refractivity contribution in [3.05, 3.63) is 77.7 Å². The van der Waals surface area contributed by atoms with Gasteiger partial charge in [0.2, 0.25) is 0 Å². The van der Waals surface area contributed by atoms with E-state index in [9.17, 15) is 14.7 Å². The molecule has 1 N–H and O–H groups in total. The van der Waals surface area contributed by atoms with Crippen LogP contribution in [0, 0.1) is 6.92 Å². The number of phenolic OH excluding ortho intramolecular Hbond substituents is 1. The Bertz CT molecular complexity index is 1290. The lowest BCUT2D eigenvalue weighted by atomic mass is 10.1. The number of aromatic nitrogens is 3. The van der Waals surface area contributed by atoms with Crippen molar-refractivity contribution in [3.63, 3.8) is 0 Å². The van der Waals surface area contributed by atoms with Crippen LogP contribution in [-0.2, 0) is 19.1 Å². The van der Waals surface area contributed by atoms with E-state index in [0.29, 0.717) is 16.7 Å². The van der Waals surface area contributed by atoms with Gasteiger partial charge in [-0.05, 0) is 48.9 Å². The number of carbonyl (C=O) groups excluding carboxylic acids is 2. The number of aryl methyl sites for hydroxylation is 1. The van der Waals surface area contributed by atoms with Gasteiger partial charge in [0, 0.05) is 6.20 Å². The molecule has 32 heavy (non-hydrogen) atoms. The Labute approximate surface area is 183 Å². The summed E-state index contributed by atoms with van der Waals surface area (Å²) >= 11 is 0. The lowest BCUT2D eigenvalue weighted by Crippen LogP contribution is -2.27. The molecule has 0 saturated heterocycles. The number of aromatic hydroxyl groups is 1. The second-order valence-corrected chi connectivity index (χ2v) is 6.95. The summed E-state index contributed by atoms with van der Waals surface area (Å²) < 4.78 is 9.76. The van der Waals surface area contributed by atoms with Crippen LogP contribution < -0.4 is 4.90 Å². The number of phenols is 1. The number of rotatable bonds is 4. The zero-order valence-electron chi connectivity index (χ0n) is 17.6. The molecule has 162 valence electrons. The number of ether oxygens (including phenoxy) is 2. The molecule has 0 fully saturated rings. The molecule has 3 aromatic rings. The van der Waals surface area contributed by atoms with Crippen molar-refractivity contribution < 1.29 is 24.2 Å². The van der Waals surface area contributed by atoms with Crippen LogP contribution >= 0.6 is 0 Å². The molecule has 9 nitrogen and oxygen atoms in total. The fourth-order valence-corrected chi connectivity index (χ4v) is 3.40. The van der Waals surface area contributed by atoms with Crippen molar-refractivity contribution in [2.24, 2.45) is 0 Å². The zero-order valence-corrected chi connectivity index (χ0v) is 17.6. The Morgan fingerprint density at radius 1 is 0.938 bits per heavy atom. The number of hydrogen-bond acceptors (Lipinski definition) is 8. The average molecular weight is 432 g/mol. The minimum atomic E-state index is -0.771. The third-order valence-electron chi connectivity index (χ3n) is 4.86. The number of nitrogens with zero attached hydrogens (tertiary/aromatic N) is 4. The summed E-state index contributed by atoms with van der Waals surface area (Å²) in [7, 11) is 2.43. The molecular weight excluding hydrogens is 412 g/mol. The van der Waals surface area contributed by atoms with Crippen LogP contribution in [0.15, 0.2) is 72.1 Å². The van der Waals surface area contributed by atoms with E-state index in [1.165, 1.54) is 30.0 Å². The Morgan fingerprint density at radius 3 is 2.19 bits per heavy atom. The molecule has 0 radical (unpaired) electrons. The molecule has 2 aromatic carbocycles. The summed E-state index contributed by atoms with van der Waals surface area (Å²) in [6.45, 7) is 1.83. The van der Waals surface area contributed by atoms with Gasteiger partial charge in [-0.1, -0.05) is 18.2 Å². The molecule has 0 saturated carbocycles. The third-order valence-corrected chi connectivity index (χ3v) is 4.86. The lowest BCUT2D eigenvalue weighted by molar-refractivity contribution is -0.139. The molecular formula is C23H20N4O5. The highest BCUT2D eigenvalue weighted by Crippen LogP contribution is 2.38. The molecule has 2 heterocycles. The fourth-order valence-electron chi connectivity index (χ4n) is 3.40. The number of anilines is 1. The lowest BCUT2D eigenvalue weighted by Gasteiger charge is -2.25. The van der Waals surface area contributed by atoms with Gasteiger partial charge in [-0.25, -0.2) is 9.59 Å². The summed E-state index contributed by atoms with van der Waals surface area (Å²) in [5.74, 6) is -1.68. The van der Waals surface area contributed by atoms with Gasteiger partial charge < -0.3 is 19.5 Å². The number of carbonyl (C=O) groups is 2. The van der Waals surface area contributed by atoms with Crippen molar-refractivity contribution in [2.75, 3.05) is 19.1 Å². The minimum Gasteiger partial charge on any atom is -0.504 e. The van der Waals surface area contributed by atoms with Crippen LogP contribution in [0.25, 0.3) is 16.7 Å². The molecule has 4 rings (SSSR count). The normalized spacial score (nSPS) is 13.4. The van der Waals surface area contributed by atoms with Crippen LogP contribution in [-0.4, -0.2) is 46.3 Å². The van der Waals surface area contributed by atoms with Gasteiger partial charge in [0.05, 0.1) is 25.5 Å². The molecule has 1 aromatic heterocycles. The van der Waals surface area contributed by atoms with E-state index in [1.54, 1.807) is 30.5 Å². The SMILES string of the molecule is COC(=O)C1=C(C(=O)OC)N(c2cc(C)cc(-n3nc4ccccc4n3)c2O)C=CC=C1. The molecule has 0 atom stereocenters. The number of hydrogen-bond donors (Lipinski definition) is 1. The second kappa shape index (κ2) is 8.38. The van der Waals surface area contributed by atoms with E-state index in [0.717, 1.165) is 5.56 Å². The van der Waals surface area contributed by atoms with Crippen LogP contribution in [0.4, 0.5) is 5.69 Å². The first kappa shape index (κ1) is 20.9. The first-order valence-corrected chi connectivity index (χ1v) is 9.65. The van der Waals surface area contributed by atoms with E-state index in [-0.39, 0.29) is 22.7 Å². The van der Waals surface area contributed by atoms with Crippen molar-refractivity contribution in [3.8, 4) is 11.4 Å². The summed E-state index contributed by atoms with van der Waals surface area (Å²) in [5.41, 5.74) is 2.52.